The van der Waals surface area contributed by atoms with Gasteiger partial charge in [-0.2, -0.15) is 0 Å². The van der Waals surface area contributed by atoms with Crippen LogP contribution in [0.3, 0.4) is 0 Å². The molecule has 2 rings (SSSR count). The number of nitro groups is 1. The molecule has 1 aromatic rings. The highest BCUT2D eigenvalue weighted by Crippen LogP contribution is 2.18. The first-order valence-electron chi connectivity index (χ1n) is 4.22. The van der Waals surface area contributed by atoms with Gasteiger partial charge in [0.1, 0.15) is 0 Å². The van der Waals surface area contributed by atoms with E-state index in [1.807, 2.05) is 4.90 Å². The average Bonchev–Trinajstić information content (AvgIpc) is 2.71. The molecule has 6 heteroatoms. The van der Waals surface area contributed by atoms with Crippen LogP contribution in [0.4, 0.5) is 11.4 Å². The van der Waals surface area contributed by atoms with Crippen molar-refractivity contribution in [1.29, 1.82) is 0 Å². The second kappa shape index (κ2) is 3.60. The van der Waals surface area contributed by atoms with Gasteiger partial charge in [-0.1, -0.05) is 0 Å². The predicted octanol–water partition coefficient (Wildman–Crippen LogP) is 0.424. The Labute approximate surface area is 80.6 Å². The molecule has 0 amide bonds. The molecule has 6 nitrogen and oxygen atoms in total. The molecule has 0 bridgehead atoms. The topological polar surface area (TPSA) is 70.4 Å². The summed E-state index contributed by atoms with van der Waals surface area (Å²) in [5, 5.41) is 10.4. The fraction of sp³-hybridized carbons (Fsp3) is 0.250. The van der Waals surface area contributed by atoms with Gasteiger partial charge in [-0.05, 0) is 12.1 Å². The van der Waals surface area contributed by atoms with E-state index in [1.54, 1.807) is 12.1 Å². The summed E-state index contributed by atoms with van der Waals surface area (Å²) in [6, 6.07) is 6.50. The van der Waals surface area contributed by atoms with Crippen LogP contribution in [0.15, 0.2) is 24.3 Å². The van der Waals surface area contributed by atoms with E-state index in [1.165, 1.54) is 12.1 Å². The molecular formula is C8H10N4O2. The third-order valence-corrected chi connectivity index (χ3v) is 2.09. The van der Waals surface area contributed by atoms with Gasteiger partial charge in [0.25, 0.3) is 5.69 Å². The third kappa shape index (κ3) is 1.66. The fourth-order valence-electron chi connectivity index (χ4n) is 1.33. The lowest BCUT2D eigenvalue weighted by atomic mass is 10.3. The zero-order chi connectivity index (χ0) is 9.97. The third-order valence-electron chi connectivity index (χ3n) is 2.09. The number of rotatable bonds is 2. The monoisotopic (exact) mass is 194 g/mol. The molecule has 2 N–H and O–H groups in total. The van der Waals surface area contributed by atoms with Crippen LogP contribution in [0, 0.1) is 10.1 Å². The van der Waals surface area contributed by atoms with E-state index in [0.29, 0.717) is 13.3 Å². The van der Waals surface area contributed by atoms with Crippen molar-refractivity contribution in [2.45, 2.75) is 0 Å². The molecule has 14 heavy (non-hydrogen) atoms. The van der Waals surface area contributed by atoms with E-state index in [2.05, 4.69) is 10.9 Å². The standard InChI is InChI=1S/C8H10N4O2/c13-12(14)8-3-1-7(2-4-8)11-5-9-10-6-11/h1-4,9-10H,5-6H2. The molecule has 1 heterocycles. The molecule has 0 atom stereocenters. The van der Waals surface area contributed by atoms with E-state index in [4.69, 9.17) is 0 Å². The van der Waals surface area contributed by atoms with Gasteiger partial charge in [0, 0.05) is 17.8 Å². The number of nitrogens with zero attached hydrogens (tertiary/aromatic N) is 2. The van der Waals surface area contributed by atoms with Gasteiger partial charge < -0.3 is 4.90 Å². The first-order valence-corrected chi connectivity index (χ1v) is 4.22. The van der Waals surface area contributed by atoms with Gasteiger partial charge in [-0.3, -0.25) is 10.1 Å². The van der Waals surface area contributed by atoms with Gasteiger partial charge >= 0.3 is 0 Å². The van der Waals surface area contributed by atoms with Crippen LogP contribution in [0.25, 0.3) is 0 Å². The Balaban J connectivity index is 2.16. The molecule has 0 saturated carbocycles. The van der Waals surface area contributed by atoms with E-state index in [-0.39, 0.29) is 5.69 Å². The lowest BCUT2D eigenvalue weighted by Gasteiger charge is -2.14. The quantitative estimate of drug-likeness (QED) is 0.527. The van der Waals surface area contributed by atoms with Gasteiger partial charge in [-0.15, -0.1) is 0 Å². The van der Waals surface area contributed by atoms with Crippen molar-refractivity contribution in [2.24, 2.45) is 0 Å². The number of hydrogen-bond acceptors (Lipinski definition) is 5. The number of benzene rings is 1. The Morgan fingerprint density at radius 3 is 2.29 bits per heavy atom. The Morgan fingerprint density at radius 2 is 1.79 bits per heavy atom. The zero-order valence-electron chi connectivity index (χ0n) is 7.43. The molecule has 1 aromatic carbocycles. The van der Waals surface area contributed by atoms with Crippen molar-refractivity contribution < 1.29 is 4.92 Å². The SMILES string of the molecule is O=[N+]([O-])c1ccc(N2CNNC2)cc1. The smallest absolute Gasteiger partial charge is 0.269 e. The summed E-state index contributed by atoms with van der Waals surface area (Å²) in [5.74, 6) is 0. The first kappa shape index (κ1) is 8.92. The van der Waals surface area contributed by atoms with Crippen LogP contribution < -0.4 is 15.8 Å². The fourth-order valence-corrected chi connectivity index (χ4v) is 1.33. The molecule has 0 radical (unpaired) electrons. The molecular weight excluding hydrogens is 184 g/mol. The van der Waals surface area contributed by atoms with Crippen molar-refractivity contribution in [2.75, 3.05) is 18.2 Å². The lowest BCUT2D eigenvalue weighted by Crippen LogP contribution is -2.21. The minimum Gasteiger partial charge on any atom is -0.344 e. The van der Waals surface area contributed by atoms with Crippen molar-refractivity contribution in [3.63, 3.8) is 0 Å². The summed E-state index contributed by atoms with van der Waals surface area (Å²) in [5.41, 5.74) is 6.99. The van der Waals surface area contributed by atoms with Gasteiger partial charge in [0.2, 0.25) is 0 Å². The molecule has 0 unspecified atom stereocenters. The van der Waals surface area contributed by atoms with Crippen LogP contribution >= 0.6 is 0 Å². The summed E-state index contributed by atoms with van der Waals surface area (Å²) >= 11 is 0. The summed E-state index contributed by atoms with van der Waals surface area (Å²) in [6.45, 7) is 1.41. The number of nitrogens with one attached hydrogen (secondary N) is 2. The number of non-ortho nitro benzene ring substituents is 1. The summed E-state index contributed by atoms with van der Waals surface area (Å²) < 4.78 is 0. The molecule has 1 aliphatic heterocycles. The first-order chi connectivity index (χ1) is 6.77. The van der Waals surface area contributed by atoms with Crippen LogP contribution in [0.1, 0.15) is 0 Å². The minimum absolute atomic E-state index is 0.119. The summed E-state index contributed by atoms with van der Waals surface area (Å²) in [7, 11) is 0. The van der Waals surface area contributed by atoms with Crippen molar-refractivity contribution in [3.05, 3.63) is 34.4 Å². The van der Waals surface area contributed by atoms with Gasteiger partial charge in [0.05, 0.1) is 18.3 Å². The molecule has 1 fully saturated rings. The maximum Gasteiger partial charge on any atom is 0.269 e. The number of anilines is 1. The second-order valence-corrected chi connectivity index (χ2v) is 2.98. The second-order valence-electron chi connectivity index (χ2n) is 2.98. The minimum atomic E-state index is -0.399. The molecule has 74 valence electrons. The maximum atomic E-state index is 10.4. The van der Waals surface area contributed by atoms with Crippen LogP contribution in [-0.4, -0.2) is 18.3 Å². The highest BCUT2D eigenvalue weighted by Gasteiger charge is 2.12. The number of hydrogen-bond donors (Lipinski definition) is 2. The molecule has 0 spiro atoms. The molecule has 0 aromatic heterocycles. The number of nitro benzene ring substituents is 1. The van der Waals surface area contributed by atoms with Gasteiger partial charge in [-0.25, -0.2) is 10.9 Å². The van der Waals surface area contributed by atoms with Crippen molar-refractivity contribution in [1.82, 2.24) is 10.9 Å². The predicted molar refractivity (Wildman–Crippen MR) is 51.6 cm³/mol. The molecule has 1 saturated heterocycles. The van der Waals surface area contributed by atoms with E-state index < -0.39 is 4.92 Å². The normalized spacial score (nSPS) is 15.9. The van der Waals surface area contributed by atoms with Crippen molar-refractivity contribution >= 4 is 11.4 Å². The highest BCUT2D eigenvalue weighted by atomic mass is 16.6. The maximum absolute atomic E-state index is 10.4. The van der Waals surface area contributed by atoms with Gasteiger partial charge in [0.15, 0.2) is 0 Å². The molecule has 0 aliphatic carbocycles. The van der Waals surface area contributed by atoms with Crippen LogP contribution in [-0.2, 0) is 0 Å². The van der Waals surface area contributed by atoms with E-state index >= 15 is 0 Å². The largest absolute Gasteiger partial charge is 0.344 e. The zero-order valence-corrected chi connectivity index (χ0v) is 7.43. The van der Waals surface area contributed by atoms with Crippen LogP contribution in [0.2, 0.25) is 0 Å². The van der Waals surface area contributed by atoms with E-state index in [9.17, 15) is 10.1 Å². The van der Waals surface area contributed by atoms with Crippen LogP contribution in [0.5, 0.6) is 0 Å². The average molecular weight is 194 g/mol. The molecule has 1 aliphatic rings. The Kier molecular flexibility index (Phi) is 2.30. The van der Waals surface area contributed by atoms with E-state index in [0.717, 1.165) is 5.69 Å². The summed E-state index contributed by atoms with van der Waals surface area (Å²) in [4.78, 5) is 12.0. The lowest BCUT2D eigenvalue weighted by molar-refractivity contribution is -0.384. The Morgan fingerprint density at radius 1 is 1.21 bits per heavy atom. The number of hydrazine groups is 1. The van der Waals surface area contributed by atoms with Crippen molar-refractivity contribution in [3.8, 4) is 0 Å². The Bertz CT molecular complexity index is 332. The Hall–Kier alpha value is -1.66. The summed E-state index contributed by atoms with van der Waals surface area (Å²) in [6.07, 6.45) is 0. The highest BCUT2D eigenvalue weighted by molar-refractivity contribution is 5.50.